The summed E-state index contributed by atoms with van der Waals surface area (Å²) in [7, 11) is 1.78. The monoisotopic (exact) mass is 277 g/mol. The van der Waals surface area contributed by atoms with Crippen LogP contribution < -0.4 is 4.74 Å². The lowest BCUT2D eigenvalue weighted by molar-refractivity contribution is -0.385. The lowest BCUT2D eigenvalue weighted by atomic mass is 10.2. The highest BCUT2D eigenvalue weighted by atomic mass is 16.6. The first-order valence-corrected chi connectivity index (χ1v) is 6.00. The molecule has 0 atom stereocenters. The maximum atomic E-state index is 11.1. The van der Waals surface area contributed by atoms with Crippen LogP contribution in [0.5, 0.6) is 11.5 Å². The number of hydrogen-bond acceptors (Lipinski definition) is 5. The predicted molar refractivity (Wildman–Crippen MR) is 71.8 cm³/mol. The van der Waals surface area contributed by atoms with Gasteiger partial charge in [-0.05, 0) is 25.5 Å². The minimum absolute atomic E-state index is 0.131. The van der Waals surface area contributed by atoms with E-state index < -0.39 is 4.92 Å². The first-order chi connectivity index (χ1) is 9.43. The van der Waals surface area contributed by atoms with Crippen LogP contribution in [0.1, 0.15) is 17.0 Å². The number of nitrogens with zero attached hydrogens (tertiary/aromatic N) is 3. The lowest BCUT2D eigenvalue weighted by Crippen LogP contribution is -1.97. The van der Waals surface area contributed by atoms with Crippen molar-refractivity contribution in [1.29, 1.82) is 0 Å². The second-order valence-corrected chi connectivity index (χ2v) is 4.44. The van der Waals surface area contributed by atoms with Gasteiger partial charge < -0.3 is 9.84 Å². The third kappa shape index (κ3) is 2.48. The van der Waals surface area contributed by atoms with Crippen molar-refractivity contribution in [3.8, 4) is 11.5 Å². The number of aliphatic hydroxyl groups excluding tert-OH is 1. The van der Waals surface area contributed by atoms with Crippen molar-refractivity contribution in [3.63, 3.8) is 0 Å². The van der Waals surface area contributed by atoms with Crippen LogP contribution in [0.4, 0.5) is 5.69 Å². The van der Waals surface area contributed by atoms with Crippen LogP contribution in [0.15, 0.2) is 18.2 Å². The normalized spacial score (nSPS) is 10.6. The van der Waals surface area contributed by atoms with Gasteiger partial charge in [0.25, 0.3) is 0 Å². The van der Waals surface area contributed by atoms with Gasteiger partial charge in [0.2, 0.25) is 5.75 Å². The molecule has 0 radical (unpaired) electrons. The average Bonchev–Trinajstić information content (AvgIpc) is 2.65. The number of ether oxygens (including phenoxy) is 1. The molecule has 7 nitrogen and oxygen atoms in total. The van der Waals surface area contributed by atoms with E-state index in [2.05, 4.69) is 5.10 Å². The molecule has 0 fully saturated rings. The van der Waals surface area contributed by atoms with Gasteiger partial charge in [-0.2, -0.15) is 5.10 Å². The van der Waals surface area contributed by atoms with Gasteiger partial charge in [-0.1, -0.05) is 6.07 Å². The predicted octanol–water partition coefficient (Wildman–Crippen LogP) is 2.23. The Labute approximate surface area is 115 Å². The molecule has 0 aliphatic heterocycles. The first-order valence-electron chi connectivity index (χ1n) is 6.00. The SMILES string of the molecule is Cc1nn(C)c(C)c1Oc1ccc(CO)cc1[N+](=O)[O-]. The zero-order valence-electron chi connectivity index (χ0n) is 11.5. The number of benzene rings is 1. The fourth-order valence-electron chi connectivity index (χ4n) is 1.90. The summed E-state index contributed by atoms with van der Waals surface area (Å²) in [5.74, 6) is 0.638. The number of nitro groups is 1. The van der Waals surface area contributed by atoms with E-state index in [4.69, 9.17) is 9.84 Å². The zero-order valence-corrected chi connectivity index (χ0v) is 11.5. The molecule has 0 bridgehead atoms. The summed E-state index contributed by atoms with van der Waals surface area (Å²) in [6.45, 7) is 3.34. The van der Waals surface area contributed by atoms with Gasteiger partial charge in [-0.15, -0.1) is 0 Å². The van der Waals surface area contributed by atoms with Crippen LogP contribution in [-0.4, -0.2) is 19.8 Å². The van der Waals surface area contributed by atoms with Crippen molar-refractivity contribution in [2.24, 2.45) is 7.05 Å². The molecule has 0 spiro atoms. The summed E-state index contributed by atoms with van der Waals surface area (Å²) < 4.78 is 7.30. The Hall–Kier alpha value is -2.41. The van der Waals surface area contributed by atoms with E-state index in [0.717, 1.165) is 5.69 Å². The standard InChI is InChI=1S/C13H15N3O4/c1-8-13(9(2)15(3)14-8)20-12-5-4-10(7-17)6-11(12)16(18)19/h4-6,17H,7H2,1-3H3. The van der Waals surface area contributed by atoms with Crippen molar-refractivity contribution in [2.45, 2.75) is 20.5 Å². The number of nitro benzene ring substituents is 1. The highest BCUT2D eigenvalue weighted by molar-refractivity contribution is 5.51. The van der Waals surface area contributed by atoms with Crippen molar-refractivity contribution in [1.82, 2.24) is 9.78 Å². The van der Waals surface area contributed by atoms with Gasteiger partial charge >= 0.3 is 5.69 Å². The van der Waals surface area contributed by atoms with E-state index in [1.807, 2.05) is 6.92 Å². The van der Waals surface area contributed by atoms with Crippen LogP contribution >= 0.6 is 0 Å². The highest BCUT2D eigenvalue weighted by Crippen LogP contribution is 2.34. The van der Waals surface area contributed by atoms with Crippen molar-refractivity contribution in [3.05, 3.63) is 45.3 Å². The molecule has 1 N–H and O–H groups in total. The quantitative estimate of drug-likeness (QED) is 0.683. The molecule has 0 saturated carbocycles. The summed E-state index contributed by atoms with van der Waals surface area (Å²) in [5.41, 5.74) is 1.72. The molecule has 7 heteroatoms. The maximum absolute atomic E-state index is 11.1. The van der Waals surface area contributed by atoms with E-state index in [-0.39, 0.29) is 18.0 Å². The summed E-state index contributed by atoms with van der Waals surface area (Å²) in [6, 6.07) is 4.37. The molecule has 0 amide bonds. The molecule has 2 rings (SSSR count). The van der Waals surface area contributed by atoms with Gasteiger partial charge in [-0.3, -0.25) is 14.8 Å². The summed E-state index contributed by atoms with van der Waals surface area (Å²) in [5, 5.41) is 24.3. The van der Waals surface area contributed by atoms with Gasteiger partial charge in [0.1, 0.15) is 5.69 Å². The Morgan fingerprint density at radius 2 is 2.15 bits per heavy atom. The highest BCUT2D eigenvalue weighted by Gasteiger charge is 2.20. The van der Waals surface area contributed by atoms with Crippen LogP contribution in [-0.2, 0) is 13.7 Å². The van der Waals surface area contributed by atoms with Gasteiger partial charge in [0.05, 0.1) is 17.2 Å². The van der Waals surface area contributed by atoms with E-state index >= 15 is 0 Å². The second-order valence-electron chi connectivity index (χ2n) is 4.44. The van der Waals surface area contributed by atoms with Gasteiger partial charge in [-0.25, -0.2) is 0 Å². The van der Waals surface area contributed by atoms with Crippen LogP contribution in [0.25, 0.3) is 0 Å². The van der Waals surface area contributed by atoms with E-state index in [1.165, 1.54) is 12.1 Å². The average molecular weight is 277 g/mol. The number of aryl methyl sites for hydroxylation is 2. The molecule has 0 aliphatic carbocycles. The Morgan fingerprint density at radius 3 is 2.65 bits per heavy atom. The fraction of sp³-hybridized carbons (Fsp3) is 0.308. The Balaban J connectivity index is 2.45. The smallest absolute Gasteiger partial charge is 0.311 e. The topological polar surface area (TPSA) is 90.4 Å². The lowest BCUT2D eigenvalue weighted by Gasteiger charge is -2.07. The van der Waals surface area contributed by atoms with E-state index in [9.17, 15) is 10.1 Å². The molecular formula is C13H15N3O4. The minimum atomic E-state index is -0.532. The molecule has 1 aromatic heterocycles. The van der Waals surface area contributed by atoms with Gasteiger partial charge in [0, 0.05) is 13.1 Å². The molecule has 1 aromatic carbocycles. The van der Waals surface area contributed by atoms with Crippen molar-refractivity contribution in [2.75, 3.05) is 0 Å². The van der Waals surface area contributed by atoms with Crippen LogP contribution in [0, 0.1) is 24.0 Å². The number of hydrogen-bond donors (Lipinski definition) is 1. The van der Waals surface area contributed by atoms with E-state index in [0.29, 0.717) is 17.0 Å². The molecule has 0 aliphatic rings. The second kappa shape index (κ2) is 5.30. The number of aromatic nitrogens is 2. The van der Waals surface area contributed by atoms with Crippen molar-refractivity contribution >= 4 is 5.69 Å². The van der Waals surface area contributed by atoms with Crippen LogP contribution in [0.2, 0.25) is 0 Å². The molecule has 20 heavy (non-hydrogen) atoms. The Morgan fingerprint density at radius 1 is 1.45 bits per heavy atom. The van der Waals surface area contributed by atoms with Crippen molar-refractivity contribution < 1.29 is 14.8 Å². The third-order valence-electron chi connectivity index (χ3n) is 3.06. The van der Waals surface area contributed by atoms with Gasteiger partial charge in [0.15, 0.2) is 5.75 Å². The first kappa shape index (κ1) is 14.0. The third-order valence-corrected chi connectivity index (χ3v) is 3.06. The maximum Gasteiger partial charge on any atom is 0.311 e. The molecule has 2 aromatic rings. The molecule has 0 saturated heterocycles. The molecule has 0 unspecified atom stereocenters. The largest absolute Gasteiger partial charge is 0.446 e. The number of rotatable bonds is 4. The Bertz CT molecular complexity index is 664. The minimum Gasteiger partial charge on any atom is -0.446 e. The molecular weight excluding hydrogens is 262 g/mol. The molecule has 1 heterocycles. The zero-order chi connectivity index (χ0) is 14.9. The summed E-state index contributed by atoms with van der Waals surface area (Å²) in [4.78, 5) is 10.5. The summed E-state index contributed by atoms with van der Waals surface area (Å²) in [6.07, 6.45) is 0. The van der Waals surface area contributed by atoms with Crippen LogP contribution in [0.3, 0.4) is 0 Å². The van der Waals surface area contributed by atoms with E-state index in [1.54, 1.807) is 24.7 Å². The fourth-order valence-corrected chi connectivity index (χ4v) is 1.90. The number of aliphatic hydroxyl groups is 1. The molecule has 106 valence electrons. The summed E-state index contributed by atoms with van der Waals surface area (Å²) >= 11 is 0. The Kier molecular flexibility index (Phi) is 3.71.